The normalized spacial score (nSPS) is 26.1. The molecule has 2 N–H and O–H groups in total. The van der Waals surface area contributed by atoms with Crippen molar-refractivity contribution in [2.24, 2.45) is 16.7 Å². The van der Waals surface area contributed by atoms with E-state index < -0.39 is 0 Å². The van der Waals surface area contributed by atoms with Crippen molar-refractivity contribution in [3.8, 4) is 11.5 Å². The minimum Gasteiger partial charge on any atom is -0.504 e. The molecule has 2 aromatic rings. The van der Waals surface area contributed by atoms with Crippen molar-refractivity contribution < 1.29 is 10.2 Å². The quantitative estimate of drug-likeness (QED) is 0.404. The molecule has 2 atom stereocenters. The van der Waals surface area contributed by atoms with Gasteiger partial charge in [-0.15, -0.1) is 0 Å². The molecule has 2 aromatic carbocycles. The summed E-state index contributed by atoms with van der Waals surface area (Å²) in [5, 5.41) is 22.6. The molecule has 1 saturated carbocycles. The Balaban J connectivity index is 1.77. The fourth-order valence-corrected chi connectivity index (χ4v) is 6.19. The van der Waals surface area contributed by atoms with Gasteiger partial charge in [0, 0.05) is 5.56 Å². The summed E-state index contributed by atoms with van der Waals surface area (Å²) in [5.74, 6) is 0.780. The highest BCUT2D eigenvalue weighted by Crippen LogP contribution is 2.56. The number of phenols is 2. The van der Waals surface area contributed by atoms with Gasteiger partial charge in [0.25, 0.3) is 0 Å². The van der Waals surface area contributed by atoms with Gasteiger partial charge in [-0.25, -0.2) is 0 Å². The molecule has 2 nitrogen and oxygen atoms in total. The Bertz CT molecular complexity index is 1030. The van der Waals surface area contributed by atoms with Crippen LogP contribution in [0.2, 0.25) is 0 Å². The number of fused-ring (bicyclic) bond motifs is 2. The molecule has 2 aliphatic carbocycles. The van der Waals surface area contributed by atoms with E-state index in [4.69, 9.17) is 0 Å². The first-order chi connectivity index (χ1) is 14.0. The van der Waals surface area contributed by atoms with Crippen molar-refractivity contribution in [3.63, 3.8) is 0 Å². The van der Waals surface area contributed by atoms with Gasteiger partial charge in [0.1, 0.15) is 0 Å². The van der Waals surface area contributed by atoms with Gasteiger partial charge in [-0.2, -0.15) is 0 Å². The molecule has 1 fully saturated rings. The maximum atomic E-state index is 10.3. The lowest BCUT2D eigenvalue weighted by atomic mass is 9.56. The van der Waals surface area contributed by atoms with Crippen LogP contribution in [0.5, 0.6) is 11.5 Å². The summed E-state index contributed by atoms with van der Waals surface area (Å²) >= 11 is 0. The molecule has 2 unspecified atom stereocenters. The Morgan fingerprint density at radius 2 is 1.70 bits per heavy atom. The average molecular weight is 407 g/mol. The SMILES string of the molecule is Cc1ccc2c(C)c(O)c(O)cc2c1CCC1=C2CC(C)CCC2(C)CCC1(C)C. The van der Waals surface area contributed by atoms with E-state index in [1.807, 2.05) is 6.92 Å². The lowest BCUT2D eigenvalue weighted by Crippen LogP contribution is -2.36. The van der Waals surface area contributed by atoms with E-state index in [0.717, 1.165) is 35.1 Å². The molecule has 162 valence electrons. The summed E-state index contributed by atoms with van der Waals surface area (Å²) in [6.07, 6.45) is 8.63. The van der Waals surface area contributed by atoms with E-state index in [1.54, 1.807) is 17.2 Å². The fourth-order valence-electron chi connectivity index (χ4n) is 6.19. The average Bonchev–Trinajstić information content (AvgIpc) is 2.68. The van der Waals surface area contributed by atoms with Gasteiger partial charge in [-0.05, 0) is 104 Å². The fraction of sp³-hybridized carbons (Fsp3) is 0.571. The van der Waals surface area contributed by atoms with Crippen molar-refractivity contribution in [1.29, 1.82) is 0 Å². The Morgan fingerprint density at radius 3 is 2.43 bits per heavy atom. The van der Waals surface area contributed by atoms with E-state index in [0.29, 0.717) is 5.41 Å². The maximum Gasteiger partial charge on any atom is 0.161 e. The van der Waals surface area contributed by atoms with Crippen LogP contribution in [0.4, 0.5) is 0 Å². The monoisotopic (exact) mass is 406 g/mol. The van der Waals surface area contributed by atoms with Crippen molar-refractivity contribution >= 4 is 10.8 Å². The van der Waals surface area contributed by atoms with E-state index in [-0.39, 0.29) is 16.9 Å². The van der Waals surface area contributed by atoms with Crippen molar-refractivity contribution in [3.05, 3.63) is 46.0 Å². The highest BCUT2D eigenvalue weighted by Gasteiger charge is 2.43. The number of hydrogen-bond acceptors (Lipinski definition) is 2. The number of benzene rings is 2. The molecule has 0 spiro atoms. The van der Waals surface area contributed by atoms with Crippen LogP contribution in [0, 0.1) is 30.6 Å². The first-order valence-electron chi connectivity index (χ1n) is 11.7. The number of aromatic hydroxyl groups is 2. The van der Waals surface area contributed by atoms with Crippen LogP contribution in [0.15, 0.2) is 29.3 Å². The zero-order valence-corrected chi connectivity index (χ0v) is 19.7. The lowest BCUT2D eigenvalue weighted by Gasteiger charge is -2.49. The third-order valence-electron chi connectivity index (χ3n) is 8.45. The first kappa shape index (κ1) is 21.3. The Morgan fingerprint density at radius 1 is 0.967 bits per heavy atom. The van der Waals surface area contributed by atoms with Crippen molar-refractivity contribution in [2.45, 2.75) is 86.5 Å². The number of aryl methyl sites for hydroxylation is 3. The van der Waals surface area contributed by atoms with Crippen molar-refractivity contribution in [1.82, 2.24) is 0 Å². The standard InChI is InChI=1S/C28H38O2/c1-17-11-12-28(6)14-13-27(4,5)23(24(28)15-17)10-9-20-18(2)7-8-21-19(3)26(30)25(29)16-22(20)21/h7-8,16-17,29-30H,9-15H2,1-6H3. The lowest BCUT2D eigenvalue weighted by molar-refractivity contribution is 0.174. The Labute approximate surface area is 182 Å². The van der Waals surface area contributed by atoms with Gasteiger partial charge in [0.2, 0.25) is 0 Å². The second-order valence-electron chi connectivity index (χ2n) is 11.1. The second-order valence-corrected chi connectivity index (χ2v) is 11.1. The van der Waals surface area contributed by atoms with Gasteiger partial charge in [0.05, 0.1) is 0 Å². The van der Waals surface area contributed by atoms with E-state index in [1.165, 1.54) is 43.2 Å². The van der Waals surface area contributed by atoms with Gasteiger partial charge in [-0.3, -0.25) is 0 Å². The number of hydrogen-bond donors (Lipinski definition) is 2. The molecule has 0 heterocycles. The van der Waals surface area contributed by atoms with E-state index in [2.05, 4.69) is 46.8 Å². The van der Waals surface area contributed by atoms with Crippen LogP contribution in [-0.2, 0) is 6.42 Å². The number of allylic oxidation sites excluding steroid dienone is 2. The maximum absolute atomic E-state index is 10.3. The van der Waals surface area contributed by atoms with Gasteiger partial charge < -0.3 is 10.2 Å². The molecule has 4 rings (SSSR count). The largest absolute Gasteiger partial charge is 0.504 e. The Hall–Kier alpha value is -1.96. The summed E-state index contributed by atoms with van der Waals surface area (Å²) in [7, 11) is 0. The minimum atomic E-state index is -0.0134. The summed E-state index contributed by atoms with van der Waals surface area (Å²) < 4.78 is 0. The predicted molar refractivity (Wildman–Crippen MR) is 126 cm³/mol. The molecule has 2 aliphatic rings. The summed E-state index contributed by atoms with van der Waals surface area (Å²) in [5.41, 5.74) is 7.45. The zero-order valence-electron chi connectivity index (χ0n) is 19.7. The minimum absolute atomic E-state index is 0.00241. The molecule has 0 aliphatic heterocycles. The van der Waals surface area contributed by atoms with Gasteiger partial charge in [0.15, 0.2) is 11.5 Å². The van der Waals surface area contributed by atoms with Crippen molar-refractivity contribution in [2.75, 3.05) is 0 Å². The zero-order chi connectivity index (χ0) is 21.8. The van der Waals surface area contributed by atoms with Crippen LogP contribution in [0.1, 0.15) is 82.9 Å². The molecule has 0 radical (unpaired) electrons. The molecule has 2 heteroatoms. The molecule has 0 amide bonds. The third kappa shape index (κ3) is 3.43. The molecule has 0 aromatic heterocycles. The molecular formula is C28H38O2. The highest BCUT2D eigenvalue weighted by atomic mass is 16.3. The number of phenolic OH excluding ortho intramolecular Hbond substituents is 2. The predicted octanol–water partition coefficient (Wildman–Crippen LogP) is 7.74. The van der Waals surface area contributed by atoms with E-state index >= 15 is 0 Å². The molecule has 0 saturated heterocycles. The molecular weight excluding hydrogens is 368 g/mol. The van der Waals surface area contributed by atoms with Crippen LogP contribution in [0.25, 0.3) is 10.8 Å². The molecule has 30 heavy (non-hydrogen) atoms. The topological polar surface area (TPSA) is 40.5 Å². The highest BCUT2D eigenvalue weighted by molar-refractivity contribution is 5.93. The van der Waals surface area contributed by atoms with E-state index in [9.17, 15) is 10.2 Å². The Kier molecular flexibility index (Phi) is 5.19. The first-order valence-corrected chi connectivity index (χ1v) is 11.7. The van der Waals surface area contributed by atoms with Gasteiger partial charge >= 0.3 is 0 Å². The van der Waals surface area contributed by atoms with Crippen LogP contribution >= 0.6 is 0 Å². The smallest absolute Gasteiger partial charge is 0.161 e. The summed E-state index contributed by atoms with van der Waals surface area (Å²) in [6, 6.07) is 6.00. The number of rotatable bonds is 3. The molecule has 0 bridgehead atoms. The van der Waals surface area contributed by atoms with Crippen LogP contribution in [0.3, 0.4) is 0 Å². The van der Waals surface area contributed by atoms with Crippen LogP contribution in [-0.4, -0.2) is 10.2 Å². The summed E-state index contributed by atoms with van der Waals surface area (Å²) in [4.78, 5) is 0. The summed E-state index contributed by atoms with van der Waals surface area (Å²) in [6.45, 7) is 13.9. The van der Waals surface area contributed by atoms with Crippen LogP contribution < -0.4 is 0 Å². The second kappa shape index (κ2) is 7.32. The third-order valence-corrected chi connectivity index (χ3v) is 8.45. The van der Waals surface area contributed by atoms with Gasteiger partial charge in [-0.1, -0.05) is 51.0 Å².